The van der Waals surface area contributed by atoms with E-state index >= 15 is 0 Å². The topological polar surface area (TPSA) is 21.3 Å². The van der Waals surface area contributed by atoms with Gasteiger partial charge >= 0.3 is 0 Å². The molecule has 2 atom stereocenters. The summed E-state index contributed by atoms with van der Waals surface area (Å²) in [6.45, 7) is 3.80. The molecule has 2 unspecified atom stereocenters. The first kappa shape index (κ1) is 13.5. The molecule has 1 heterocycles. The van der Waals surface area contributed by atoms with Crippen LogP contribution in [0.5, 0.6) is 0 Å². The zero-order chi connectivity index (χ0) is 12.8. The van der Waals surface area contributed by atoms with Gasteiger partial charge in [0, 0.05) is 12.2 Å². The van der Waals surface area contributed by atoms with E-state index in [9.17, 15) is 4.39 Å². The minimum Gasteiger partial charge on any atom is -0.376 e. The SMILES string of the molecule is CCCNC(c1ccccc1F)C1CCCCO1. The van der Waals surface area contributed by atoms with Crippen molar-refractivity contribution < 1.29 is 9.13 Å². The molecule has 1 aromatic carbocycles. The first-order chi connectivity index (χ1) is 8.83. The number of ether oxygens (including phenoxy) is 1. The first-order valence-corrected chi connectivity index (χ1v) is 6.92. The molecule has 100 valence electrons. The highest BCUT2D eigenvalue weighted by atomic mass is 19.1. The van der Waals surface area contributed by atoms with Crippen LogP contribution < -0.4 is 5.32 Å². The zero-order valence-electron chi connectivity index (χ0n) is 11.0. The number of nitrogens with one attached hydrogen (secondary N) is 1. The van der Waals surface area contributed by atoms with Crippen molar-refractivity contribution in [3.63, 3.8) is 0 Å². The van der Waals surface area contributed by atoms with Crippen LogP contribution in [-0.4, -0.2) is 19.3 Å². The van der Waals surface area contributed by atoms with Gasteiger partial charge in [0.15, 0.2) is 0 Å². The van der Waals surface area contributed by atoms with Gasteiger partial charge in [0.25, 0.3) is 0 Å². The monoisotopic (exact) mass is 251 g/mol. The molecule has 0 amide bonds. The second kappa shape index (κ2) is 6.86. The van der Waals surface area contributed by atoms with Crippen LogP contribution in [0.1, 0.15) is 44.2 Å². The lowest BCUT2D eigenvalue weighted by molar-refractivity contribution is -0.00885. The van der Waals surface area contributed by atoms with E-state index in [1.165, 1.54) is 12.5 Å². The van der Waals surface area contributed by atoms with Crippen LogP contribution in [0, 0.1) is 5.82 Å². The van der Waals surface area contributed by atoms with E-state index in [1.807, 2.05) is 12.1 Å². The Bertz CT molecular complexity index is 363. The largest absolute Gasteiger partial charge is 0.376 e. The van der Waals surface area contributed by atoms with Crippen LogP contribution in [0.4, 0.5) is 4.39 Å². The Morgan fingerprint density at radius 3 is 2.89 bits per heavy atom. The Balaban J connectivity index is 2.15. The zero-order valence-corrected chi connectivity index (χ0v) is 11.0. The van der Waals surface area contributed by atoms with Crippen molar-refractivity contribution in [1.82, 2.24) is 5.32 Å². The highest BCUT2D eigenvalue weighted by Crippen LogP contribution is 2.28. The lowest BCUT2D eigenvalue weighted by Crippen LogP contribution is -2.36. The molecule has 2 nitrogen and oxygen atoms in total. The molecular weight excluding hydrogens is 229 g/mol. The maximum Gasteiger partial charge on any atom is 0.128 e. The van der Waals surface area contributed by atoms with Gasteiger partial charge in [0.1, 0.15) is 5.82 Å². The van der Waals surface area contributed by atoms with Crippen molar-refractivity contribution in [2.45, 2.75) is 44.8 Å². The summed E-state index contributed by atoms with van der Waals surface area (Å²) in [4.78, 5) is 0. The summed E-state index contributed by atoms with van der Waals surface area (Å²) in [7, 11) is 0. The van der Waals surface area contributed by atoms with E-state index in [-0.39, 0.29) is 18.0 Å². The highest BCUT2D eigenvalue weighted by molar-refractivity contribution is 5.22. The summed E-state index contributed by atoms with van der Waals surface area (Å²) >= 11 is 0. The molecule has 1 fully saturated rings. The van der Waals surface area contributed by atoms with Crippen LogP contribution >= 0.6 is 0 Å². The normalized spacial score (nSPS) is 21.8. The van der Waals surface area contributed by atoms with Crippen molar-refractivity contribution in [3.8, 4) is 0 Å². The van der Waals surface area contributed by atoms with E-state index in [1.54, 1.807) is 6.07 Å². The molecule has 1 aliphatic heterocycles. The minimum absolute atomic E-state index is 0.0218. The van der Waals surface area contributed by atoms with Gasteiger partial charge in [-0.25, -0.2) is 4.39 Å². The second-order valence-corrected chi connectivity index (χ2v) is 4.86. The Kier molecular flexibility index (Phi) is 5.14. The quantitative estimate of drug-likeness (QED) is 0.865. The summed E-state index contributed by atoms with van der Waals surface area (Å²) in [5, 5.41) is 3.43. The third-order valence-electron chi connectivity index (χ3n) is 3.44. The van der Waals surface area contributed by atoms with Gasteiger partial charge in [-0.15, -0.1) is 0 Å². The Morgan fingerprint density at radius 1 is 1.39 bits per heavy atom. The molecule has 3 heteroatoms. The van der Waals surface area contributed by atoms with E-state index in [0.29, 0.717) is 0 Å². The smallest absolute Gasteiger partial charge is 0.128 e. The predicted octanol–water partition coefficient (Wildman–Crippen LogP) is 3.44. The maximum atomic E-state index is 13.9. The number of benzene rings is 1. The van der Waals surface area contributed by atoms with Crippen LogP contribution in [0.3, 0.4) is 0 Å². The van der Waals surface area contributed by atoms with E-state index in [2.05, 4.69) is 12.2 Å². The molecule has 1 aliphatic rings. The van der Waals surface area contributed by atoms with Crippen molar-refractivity contribution in [3.05, 3.63) is 35.6 Å². The molecule has 0 aliphatic carbocycles. The standard InChI is InChI=1S/C15H22FNO/c1-2-10-17-15(14-9-5-6-11-18-14)12-7-3-4-8-13(12)16/h3-4,7-8,14-15,17H,2,5-6,9-11H2,1H3. The number of halogens is 1. The van der Waals surface area contributed by atoms with E-state index in [0.717, 1.165) is 38.0 Å². The number of hydrogen-bond acceptors (Lipinski definition) is 2. The van der Waals surface area contributed by atoms with Gasteiger partial charge in [-0.3, -0.25) is 0 Å². The van der Waals surface area contributed by atoms with Gasteiger partial charge in [0.05, 0.1) is 12.1 Å². The van der Waals surface area contributed by atoms with Crippen molar-refractivity contribution in [1.29, 1.82) is 0 Å². The summed E-state index contributed by atoms with van der Waals surface area (Å²) in [5.74, 6) is -0.139. The van der Waals surface area contributed by atoms with Gasteiger partial charge in [-0.2, -0.15) is 0 Å². The fourth-order valence-electron chi connectivity index (χ4n) is 2.50. The molecule has 18 heavy (non-hydrogen) atoms. The van der Waals surface area contributed by atoms with Crippen molar-refractivity contribution in [2.75, 3.05) is 13.2 Å². The van der Waals surface area contributed by atoms with Gasteiger partial charge in [0.2, 0.25) is 0 Å². The van der Waals surface area contributed by atoms with E-state index < -0.39 is 0 Å². The lowest BCUT2D eigenvalue weighted by atomic mass is 9.95. The molecule has 2 rings (SSSR count). The molecule has 1 aromatic rings. The molecule has 0 bridgehead atoms. The first-order valence-electron chi connectivity index (χ1n) is 6.92. The molecule has 0 saturated carbocycles. The fraction of sp³-hybridized carbons (Fsp3) is 0.600. The third kappa shape index (κ3) is 3.30. The van der Waals surface area contributed by atoms with Crippen molar-refractivity contribution >= 4 is 0 Å². The van der Waals surface area contributed by atoms with Crippen LogP contribution in [0.2, 0.25) is 0 Å². The second-order valence-electron chi connectivity index (χ2n) is 4.86. The molecule has 0 spiro atoms. The molecule has 1 N–H and O–H groups in total. The highest BCUT2D eigenvalue weighted by Gasteiger charge is 2.27. The summed E-state index contributed by atoms with van der Waals surface area (Å²) in [6, 6.07) is 6.99. The average Bonchev–Trinajstić information content (AvgIpc) is 2.42. The maximum absolute atomic E-state index is 13.9. The van der Waals surface area contributed by atoms with Crippen LogP contribution in [0.15, 0.2) is 24.3 Å². The Hall–Kier alpha value is -0.930. The lowest BCUT2D eigenvalue weighted by Gasteiger charge is -2.31. The average molecular weight is 251 g/mol. The summed E-state index contributed by atoms with van der Waals surface area (Å²) in [6.07, 6.45) is 4.44. The van der Waals surface area contributed by atoms with Gasteiger partial charge in [-0.05, 0) is 38.3 Å². The van der Waals surface area contributed by atoms with Gasteiger partial charge in [-0.1, -0.05) is 25.1 Å². The summed E-state index contributed by atoms with van der Waals surface area (Å²) < 4.78 is 19.7. The van der Waals surface area contributed by atoms with Crippen LogP contribution in [0.25, 0.3) is 0 Å². The Morgan fingerprint density at radius 2 is 2.22 bits per heavy atom. The van der Waals surface area contributed by atoms with Gasteiger partial charge < -0.3 is 10.1 Å². The predicted molar refractivity (Wildman–Crippen MR) is 71.0 cm³/mol. The third-order valence-corrected chi connectivity index (χ3v) is 3.44. The fourth-order valence-corrected chi connectivity index (χ4v) is 2.50. The van der Waals surface area contributed by atoms with Crippen molar-refractivity contribution in [2.24, 2.45) is 0 Å². The Labute approximate surface area is 109 Å². The molecular formula is C15H22FNO. The molecule has 1 saturated heterocycles. The summed E-state index contributed by atoms with van der Waals surface area (Å²) in [5.41, 5.74) is 0.734. The van der Waals surface area contributed by atoms with E-state index in [4.69, 9.17) is 4.74 Å². The minimum atomic E-state index is -0.139. The number of rotatable bonds is 5. The van der Waals surface area contributed by atoms with Crippen LogP contribution in [-0.2, 0) is 4.74 Å². The molecule has 0 radical (unpaired) electrons. The molecule has 0 aromatic heterocycles. The number of hydrogen-bond donors (Lipinski definition) is 1.